The predicted molar refractivity (Wildman–Crippen MR) is 101 cm³/mol. The SMILES string of the molecule is Cn1c(=O)c2c(O)n[nH]c2c2cnc(NCC3COc4ccccc4O3)nc21. The van der Waals surface area contributed by atoms with Gasteiger partial charge in [-0.1, -0.05) is 12.1 Å². The van der Waals surface area contributed by atoms with Gasteiger partial charge in [-0.25, -0.2) is 4.98 Å². The average Bonchev–Trinajstić information content (AvgIpc) is 3.12. The van der Waals surface area contributed by atoms with E-state index in [-0.39, 0.29) is 22.9 Å². The number of aromatic nitrogens is 5. The second-order valence-electron chi connectivity index (χ2n) is 6.47. The monoisotopic (exact) mass is 380 g/mol. The highest BCUT2D eigenvalue weighted by Gasteiger charge is 2.21. The number of hydrogen-bond acceptors (Lipinski definition) is 8. The van der Waals surface area contributed by atoms with E-state index in [0.717, 1.165) is 5.75 Å². The van der Waals surface area contributed by atoms with Crippen molar-refractivity contribution in [2.24, 2.45) is 7.05 Å². The summed E-state index contributed by atoms with van der Waals surface area (Å²) in [5.74, 6) is 1.44. The first-order valence-electron chi connectivity index (χ1n) is 8.67. The molecular weight excluding hydrogens is 364 g/mol. The molecule has 10 nitrogen and oxygen atoms in total. The summed E-state index contributed by atoms with van der Waals surface area (Å²) in [6.07, 6.45) is 1.38. The molecule has 1 aliphatic heterocycles. The highest BCUT2D eigenvalue weighted by atomic mass is 16.6. The maximum atomic E-state index is 12.5. The van der Waals surface area contributed by atoms with Crippen LogP contribution in [-0.2, 0) is 7.05 Å². The molecule has 3 N–H and O–H groups in total. The molecule has 1 atom stereocenters. The first-order chi connectivity index (χ1) is 13.6. The molecular formula is C18H16N6O4. The largest absolute Gasteiger partial charge is 0.492 e. The molecule has 1 unspecified atom stereocenters. The molecule has 4 aromatic rings. The third-order valence-electron chi connectivity index (χ3n) is 4.68. The number of nitrogens with zero attached hydrogens (tertiary/aromatic N) is 4. The zero-order valence-corrected chi connectivity index (χ0v) is 14.8. The minimum Gasteiger partial charge on any atom is -0.492 e. The fourth-order valence-electron chi connectivity index (χ4n) is 3.25. The van der Waals surface area contributed by atoms with Crippen LogP contribution in [0.3, 0.4) is 0 Å². The quantitative estimate of drug-likeness (QED) is 0.483. The van der Waals surface area contributed by atoms with Crippen LogP contribution in [0.4, 0.5) is 5.95 Å². The molecule has 3 aromatic heterocycles. The van der Waals surface area contributed by atoms with Gasteiger partial charge >= 0.3 is 0 Å². The summed E-state index contributed by atoms with van der Waals surface area (Å²) in [6, 6.07) is 7.50. The second kappa shape index (κ2) is 6.12. The summed E-state index contributed by atoms with van der Waals surface area (Å²) in [4.78, 5) is 21.2. The zero-order valence-electron chi connectivity index (χ0n) is 14.8. The summed E-state index contributed by atoms with van der Waals surface area (Å²) in [6.45, 7) is 0.838. The Balaban J connectivity index is 1.42. The Morgan fingerprint density at radius 1 is 1.36 bits per heavy atom. The molecule has 0 amide bonds. The molecule has 0 saturated carbocycles. The van der Waals surface area contributed by atoms with Crippen molar-refractivity contribution in [3.8, 4) is 17.4 Å². The van der Waals surface area contributed by atoms with Gasteiger partial charge < -0.3 is 19.9 Å². The van der Waals surface area contributed by atoms with Crippen LogP contribution in [0.2, 0.25) is 0 Å². The highest BCUT2D eigenvalue weighted by molar-refractivity contribution is 6.03. The zero-order chi connectivity index (χ0) is 19.3. The van der Waals surface area contributed by atoms with Gasteiger partial charge in [-0.05, 0) is 12.1 Å². The van der Waals surface area contributed by atoms with Crippen LogP contribution < -0.4 is 20.3 Å². The first-order valence-corrected chi connectivity index (χ1v) is 8.67. The van der Waals surface area contributed by atoms with Crippen molar-refractivity contribution < 1.29 is 14.6 Å². The first kappa shape index (κ1) is 16.4. The normalized spacial score (nSPS) is 15.8. The van der Waals surface area contributed by atoms with Crippen LogP contribution in [0.5, 0.6) is 17.4 Å². The molecule has 4 heterocycles. The Morgan fingerprint density at radius 2 is 2.18 bits per heavy atom. The number of nitrogens with one attached hydrogen (secondary N) is 2. The molecule has 0 saturated heterocycles. The number of H-pyrrole nitrogens is 1. The lowest BCUT2D eigenvalue weighted by molar-refractivity contribution is 0.0996. The smallest absolute Gasteiger partial charge is 0.266 e. The van der Waals surface area contributed by atoms with Gasteiger partial charge in [0.05, 0.1) is 17.4 Å². The third-order valence-corrected chi connectivity index (χ3v) is 4.68. The number of aryl methyl sites for hydroxylation is 1. The van der Waals surface area contributed by atoms with Crippen molar-refractivity contribution in [2.45, 2.75) is 6.10 Å². The van der Waals surface area contributed by atoms with Gasteiger partial charge in [0.1, 0.15) is 23.7 Å². The lowest BCUT2D eigenvalue weighted by Gasteiger charge is -2.26. The standard InChI is InChI=1S/C18H16N6O4/c1-24-15-10(14-13(17(24)26)16(25)23-22-14)7-20-18(21-15)19-6-9-8-27-11-4-2-3-5-12(11)28-9/h2-5,7,9H,6,8H2,1H3,(H,19,20,21)(H2,22,23,25). The van der Waals surface area contributed by atoms with Gasteiger partial charge in [0.2, 0.25) is 11.8 Å². The third kappa shape index (κ3) is 2.49. The number of hydrogen-bond donors (Lipinski definition) is 3. The fourth-order valence-corrected chi connectivity index (χ4v) is 3.25. The predicted octanol–water partition coefficient (Wildman–Crippen LogP) is 1.16. The number of rotatable bonds is 3. The van der Waals surface area contributed by atoms with Crippen LogP contribution in [-0.4, -0.2) is 49.1 Å². The lowest BCUT2D eigenvalue weighted by atomic mass is 10.2. The highest BCUT2D eigenvalue weighted by Crippen LogP contribution is 2.31. The topological polar surface area (TPSA) is 127 Å². The molecule has 0 bridgehead atoms. The van der Waals surface area contributed by atoms with E-state index in [4.69, 9.17) is 9.47 Å². The van der Waals surface area contributed by atoms with Crippen LogP contribution in [0.1, 0.15) is 0 Å². The number of aromatic hydroxyl groups is 1. The number of benzene rings is 1. The Hall–Kier alpha value is -3.82. The van der Waals surface area contributed by atoms with Gasteiger partial charge in [-0.2, -0.15) is 4.98 Å². The van der Waals surface area contributed by atoms with Crippen LogP contribution >= 0.6 is 0 Å². The Labute approximate surface area is 157 Å². The number of fused-ring (bicyclic) bond motifs is 4. The molecule has 5 rings (SSSR count). The summed E-state index contributed by atoms with van der Waals surface area (Å²) in [5, 5.41) is 20.0. The van der Waals surface area contributed by atoms with E-state index in [2.05, 4.69) is 25.5 Å². The Morgan fingerprint density at radius 3 is 3.04 bits per heavy atom. The maximum absolute atomic E-state index is 12.5. The van der Waals surface area contributed by atoms with Gasteiger partial charge in [-0.15, -0.1) is 5.10 Å². The molecule has 0 aliphatic carbocycles. The van der Waals surface area contributed by atoms with Crippen molar-refractivity contribution in [1.82, 2.24) is 24.7 Å². The van der Waals surface area contributed by atoms with Gasteiger partial charge in [0.25, 0.3) is 5.56 Å². The lowest BCUT2D eigenvalue weighted by Crippen LogP contribution is -2.35. The minimum atomic E-state index is -0.390. The van der Waals surface area contributed by atoms with E-state index in [0.29, 0.717) is 41.4 Å². The molecule has 28 heavy (non-hydrogen) atoms. The summed E-state index contributed by atoms with van der Waals surface area (Å²) in [7, 11) is 1.59. The van der Waals surface area contributed by atoms with E-state index >= 15 is 0 Å². The molecule has 0 spiro atoms. The molecule has 1 aromatic carbocycles. The fraction of sp³-hybridized carbons (Fsp3) is 0.222. The van der Waals surface area contributed by atoms with Crippen LogP contribution in [0, 0.1) is 0 Å². The Kier molecular flexibility index (Phi) is 3.57. The summed E-state index contributed by atoms with van der Waals surface area (Å²) >= 11 is 0. The van der Waals surface area contributed by atoms with Crippen LogP contribution in [0.25, 0.3) is 21.9 Å². The summed E-state index contributed by atoms with van der Waals surface area (Å²) < 4.78 is 13.0. The second-order valence-corrected chi connectivity index (χ2v) is 6.47. The molecule has 10 heteroatoms. The van der Waals surface area contributed by atoms with E-state index < -0.39 is 0 Å². The number of pyridine rings is 1. The maximum Gasteiger partial charge on any atom is 0.266 e. The van der Waals surface area contributed by atoms with Gasteiger partial charge in [0.15, 0.2) is 11.5 Å². The minimum absolute atomic E-state index is 0.116. The van der Waals surface area contributed by atoms with E-state index in [9.17, 15) is 9.90 Å². The van der Waals surface area contributed by atoms with Crippen molar-refractivity contribution >= 4 is 27.9 Å². The number of para-hydroxylation sites is 2. The van der Waals surface area contributed by atoms with Gasteiger partial charge in [-0.3, -0.25) is 14.5 Å². The van der Waals surface area contributed by atoms with Crippen molar-refractivity contribution in [1.29, 1.82) is 0 Å². The molecule has 1 aliphatic rings. The molecule has 142 valence electrons. The van der Waals surface area contributed by atoms with Crippen molar-refractivity contribution in [2.75, 3.05) is 18.5 Å². The van der Waals surface area contributed by atoms with E-state index in [1.54, 1.807) is 13.2 Å². The number of aromatic amines is 1. The number of anilines is 1. The van der Waals surface area contributed by atoms with Crippen molar-refractivity contribution in [3.63, 3.8) is 0 Å². The molecule has 0 radical (unpaired) electrons. The van der Waals surface area contributed by atoms with Crippen LogP contribution in [0.15, 0.2) is 35.3 Å². The Bertz CT molecular complexity index is 1260. The van der Waals surface area contributed by atoms with Crippen molar-refractivity contribution in [3.05, 3.63) is 40.8 Å². The molecule has 0 fully saturated rings. The average molecular weight is 380 g/mol. The van der Waals surface area contributed by atoms with Gasteiger partial charge in [0, 0.05) is 13.2 Å². The number of ether oxygens (including phenoxy) is 2. The van der Waals surface area contributed by atoms with E-state index in [1.807, 2.05) is 24.3 Å². The summed E-state index contributed by atoms with van der Waals surface area (Å²) in [5.41, 5.74) is 0.437. The van der Waals surface area contributed by atoms with E-state index in [1.165, 1.54) is 4.57 Å².